The maximum atomic E-state index is 12.3. The Labute approximate surface area is 146 Å². The van der Waals surface area contributed by atoms with Gasteiger partial charge in [0.2, 0.25) is 17.7 Å². The molecule has 8 N–H and O–H groups in total. The van der Waals surface area contributed by atoms with Crippen LogP contribution >= 0.6 is 0 Å². The fourth-order valence-corrected chi connectivity index (χ4v) is 2.02. The number of amides is 3. The number of rotatable bonds is 11. The van der Waals surface area contributed by atoms with Crippen LogP contribution in [0.5, 0.6) is 0 Å². The molecule has 10 nitrogen and oxygen atoms in total. The lowest BCUT2D eigenvalue weighted by molar-refractivity contribution is -0.144. The second-order valence-corrected chi connectivity index (χ2v) is 6.05. The Morgan fingerprint density at radius 2 is 1.56 bits per heavy atom. The van der Waals surface area contributed by atoms with Gasteiger partial charge in [-0.15, -0.1) is 0 Å². The molecular formula is C15H28N4O6. The minimum Gasteiger partial charge on any atom is -0.480 e. The molecule has 0 bridgehead atoms. The molecule has 0 radical (unpaired) electrons. The summed E-state index contributed by atoms with van der Waals surface area (Å²) in [5.74, 6) is -3.76. The Morgan fingerprint density at radius 3 is 1.96 bits per heavy atom. The van der Waals surface area contributed by atoms with Gasteiger partial charge in [0, 0.05) is 6.42 Å². The summed E-state index contributed by atoms with van der Waals surface area (Å²) in [5, 5.41) is 23.5. The van der Waals surface area contributed by atoms with Crippen molar-refractivity contribution in [3.05, 3.63) is 0 Å². The molecule has 0 heterocycles. The Morgan fingerprint density at radius 1 is 1.04 bits per heavy atom. The molecule has 10 heteroatoms. The predicted octanol–water partition coefficient (Wildman–Crippen LogP) is -1.94. The Balaban J connectivity index is 4.97. The summed E-state index contributed by atoms with van der Waals surface area (Å²) in [6.07, 6.45) is -0.880. The average molecular weight is 360 g/mol. The van der Waals surface area contributed by atoms with E-state index in [1.54, 1.807) is 13.8 Å². The minimum absolute atomic E-state index is 0.0140. The number of nitrogens with two attached hydrogens (primary N) is 2. The monoisotopic (exact) mass is 360 g/mol. The Kier molecular flexibility index (Phi) is 9.69. The third-order valence-electron chi connectivity index (χ3n) is 3.88. The fraction of sp³-hybridized carbons (Fsp3) is 0.733. The first kappa shape index (κ1) is 22.8. The van der Waals surface area contributed by atoms with E-state index >= 15 is 0 Å². The van der Waals surface area contributed by atoms with Crippen LogP contribution in [0.2, 0.25) is 0 Å². The first-order valence-electron chi connectivity index (χ1n) is 8.06. The molecule has 0 saturated heterocycles. The lowest BCUT2D eigenvalue weighted by Crippen LogP contribution is -2.59. The van der Waals surface area contributed by atoms with Crippen LogP contribution in [0.1, 0.15) is 40.0 Å². The van der Waals surface area contributed by atoms with E-state index in [4.69, 9.17) is 11.5 Å². The summed E-state index contributed by atoms with van der Waals surface area (Å²) in [7, 11) is 0. The Hall–Kier alpha value is -2.20. The van der Waals surface area contributed by atoms with Gasteiger partial charge in [0.25, 0.3) is 0 Å². The van der Waals surface area contributed by atoms with Gasteiger partial charge in [-0.2, -0.15) is 0 Å². The second-order valence-electron chi connectivity index (χ2n) is 6.05. The van der Waals surface area contributed by atoms with Crippen molar-refractivity contribution >= 4 is 23.7 Å². The predicted molar refractivity (Wildman–Crippen MR) is 89.0 cm³/mol. The molecule has 25 heavy (non-hydrogen) atoms. The number of hydrogen-bond acceptors (Lipinski definition) is 6. The van der Waals surface area contributed by atoms with Crippen LogP contribution in [-0.4, -0.2) is 58.1 Å². The summed E-state index contributed by atoms with van der Waals surface area (Å²) < 4.78 is 0. The third-order valence-corrected chi connectivity index (χ3v) is 3.88. The molecule has 0 aromatic heterocycles. The van der Waals surface area contributed by atoms with E-state index in [0.717, 1.165) is 0 Å². The van der Waals surface area contributed by atoms with E-state index in [1.807, 2.05) is 0 Å². The molecule has 0 unspecified atom stereocenters. The molecule has 0 spiro atoms. The van der Waals surface area contributed by atoms with Crippen molar-refractivity contribution in [2.75, 3.05) is 0 Å². The van der Waals surface area contributed by atoms with Gasteiger partial charge in [0.1, 0.15) is 12.1 Å². The van der Waals surface area contributed by atoms with Crippen molar-refractivity contribution in [2.45, 2.75) is 64.3 Å². The van der Waals surface area contributed by atoms with Crippen LogP contribution in [0, 0.1) is 5.92 Å². The lowest BCUT2D eigenvalue weighted by Gasteiger charge is -2.26. The van der Waals surface area contributed by atoms with Crippen LogP contribution in [0.3, 0.4) is 0 Å². The van der Waals surface area contributed by atoms with Gasteiger partial charge in [-0.1, -0.05) is 20.3 Å². The highest BCUT2D eigenvalue weighted by atomic mass is 16.4. The maximum absolute atomic E-state index is 12.3. The molecule has 0 aromatic rings. The van der Waals surface area contributed by atoms with Crippen LogP contribution in [0.25, 0.3) is 0 Å². The summed E-state index contributed by atoms with van der Waals surface area (Å²) in [6.45, 7) is 4.71. The van der Waals surface area contributed by atoms with Gasteiger partial charge in [-0.25, -0.2) is 4.79 Å². The SMILES string of the molecule is CC[C@H](C)[C@H](NC(=O)[C@@H](NC(=O)[C@@H](N)CCC(N)=O)[C@@H](C)O)C(=O)O. The number of aliphatic carboxylic acids is 1. The van der Waals surface area contributed by atoms with Crippen LogP contribution in [-0.2, 0) is 19.2 Å². The van der Waals surface area contributed by atoms with Gasteiger partial charge in [-0.05, 0) is 19.3 Å². The zero-order valence-electron chi connectivity index (χ0n) is 14.7. The van der Waals surface area contributed by atoms with Gasteiger partial charge in [-0.3, -0.25) is 14.4 Å². The van der Waals surface area contributed by atoms with E-state index in [9.17, 15) is 29.4 Å². The molecule has 0 aliphatic rings. The molecule has 0 rings (SSSR count). The third kappa shape index (κ3) is 7.94. The number of carboxylic acids is 1. The molecule has 5 atom stereocenters. The van der Waals surface area contributed by atoms with E-state index in [0.29, 0.717) is 6.42 Å². The van der Waals surface area contributed by atoms with Crippen LogP contribution in [0.15, 0.2) is 0 Å². The van der Waals surface area contributed by atoms with Crippen molar-refractivity contribution in [1.82, 2.24) is 10.6 Å². The molecule has 0 aliphatic carbocycles. The number of carbonyl (C=O) groups is 4. The minimum atomic E-state index is -1.38. The topological polar surface area (TPSA) is 185 Å². The van der Waals surface area contributed by atoms with Crippen molar-refractivity contribution in [1.29, 1.82) is 0 Å². The van der Waals surface area contributed by atoms with Gasteiger partial charge in [0.15, 0.2) is 0 Å². The standard InChI is InChI=1S/C15H28N4O6/c1-4-7(2)11(15(24)25)18-14(23)12(8(3)20)19-13(22)9(16)5-6-10(17)21/h7-9,11-12,20H,4-6,16H2,1-3H3,(H2,17,21)(H,18,23)(H,19,22)(H,24,25)/t7-,8+,9-,11-,12-/m0/s1. The summed E-state index contributed by atoms with van der Waals surface area (Å²) in [5.41, 5.74) is 10.6. The van der Waals surface area contributed by atoms with E-state index in [-0.39, 0.29) is 18.8 Å². The summed E-state index contributed by atoms with van der Waals surface area (Å²) in [6, 6.07) is -3.62. The maximum Gasteiger partial charge on any atom is 0.326 e. The largest absolute Gasteiger partial charge is 0.480 e. The highest BCUT2D eigenvalue weighted by Crippen LogP contribution is 2.09. The molecule has 3 amide bonds. The molecular weight excluding hydrogens is 332 g/mol. The number of hydrogen-bond donors (Lipinski definition) is 6. The van der Waals surface area contributed by atoms with E-state index < -0.39 is 47.9 Å². The van der Waals surface area contributed by atoms with Crippen molar-refractivity contribution < 1.29 is 29.4 Å². The number of aliphatic hydroxyl groups excluding tert-OH is 1. The van der Waals surface area contributed by atoms with Crippen LogP contribution in [0.4, 0.5) is 0 Å². The van der Waals surface area contributed by atoms with Gasteiger partial charge in [0.05, 0.1) is 12.1 Å². The smallest absolute Gasteiger partial charge is 0.326 e. The first-order chi connectivity index (χ1) is 11.5. The van der Waals surface area contributed by atoms with E-state index in [2.05, 4.69) is 10.6 Å². The summed E-state index contributed by atoms with van der Waals surface area (Å²) in [4.78, 5) is 46.3. The second kappa shape index (κ2) is 10.6. The fourth-order valence-electron chi connectivity index (χ4n) is 2.02. The van der Waals surface area contributed by atoms with Crippen molar-refractivity contribution in [2.24, 2.45) is 17.4 Å². The zero-order chi connectivity index (χ0) is 19.7. The molecule has 144 valence electrons. The van der Waals surface area contributed by atoms with E-state index in [1.165, 1.54) is 6.92 Å². The summed E-state index contributed by atoms with van der Waals surface area (Å²) >= 11 is 0. The number of primary amides is 1. The molecule has 0 aromatic carbocycles. The molecule has 0 aliphatic heterocycles. The average Bonchev–Trinajstić information content (AvgIpc) is 2.53. The number of nitrogens with one attached hydrogen (secondary N) is 2. The molecule has 0 saturated carbocycles. The van der Waals surface area contributed by atoms with Gasteiger partial charge >= 0.3 is 5.97 Å². The first-order valence-corrected chi connectivity index (χ1v) is 8.06. The highest BCUT2D eigenvalue weighted by molar-refractivity contribution is 5.92. The van der Waals surface area contributed by atoms with Crippen molar-refractivity contribution in [3.63, 3.8) is 0 Å². The normalized spacial score (nSPS) is 16.8. The number of carboxylic acid groups (broad SMARTS) is 1. The zero-order valence-corrected chi connectivity index (χ0v) is 14.7. The Bertz CT molecular complexity index is 496. The highest BCUT2D eigenvalue weighted by Gasteiger charge is 2.32. The van der Waals surface area contributed by atoms with Crippen LogP contribution < -0.4 is 22.1 Å². The molecule has 0 fully saturated rings. The number of carbonyl (C=O) groups excluding carboxylic acids is 3. The van der Waals surface area contributed by atoms with Crippen molar-refractivity contribution in [3.8, 4) is 0 Å². The quantitative estimate of drug-likeness (QED) is 0.247. The lowest BCUT2D eigenvalue weighted by atomic mass is 9.98. The number of aliphatic hydroxyl groups is 1. The van der Waals surface area contributed by atoms with Gasteiger partial charge < -0.3 is 32.3 Å².